The van der Waals surface area contributed by atoms with Crippen LogP contribution < -0.4 is 10.6 Å². The van der Waals surface area contributed by atoms with Gasteiger partial charge in [-0.25, -0.2) is 0 Å². The normalized spacial score (nSPS) is 11.5. The first-order valence-corrected chi connectivity index (χ1v) is 6.25. The molecule has 1 aromatic rings. The molecule has 0 spiro atoms. The Bertz CT molecular complexity index is 496. The molecule has 0 bridgehead atoms. The topological polar surface area (TPSA) is 95.5 Å². The molecule has 0 saturated carbocycles. The van der Waals surface area contributed by atoms with Crippen molar-refractivity contribution in [2.24, 2.45) is 0 Å². The summed E-state index contributed by atoms with van der Waals surface area (Å²) in [5.41, 5.74) is 1.45. The monoisotopic (exact) mass is 278 g/mol. The maximum atomic E-state index is 12.0. The van der Waals surface area contributed by atoms with Gasteiger partial charge in [0.05, 0.1) is 0 Å². The third-order valence-electron chi connectivity index (χ3n) is 2.83. The van der Waals surface area contributed by atoms with Gasteiger partial charge >= 0.3 is 5.97 Å². The summed E-state index contributed by atoms with van der Waals surface area (Å²) in [5.74, 6) is -1.82. The molecule has 1 rings (SSSR count). The van der Waals surface area contributed by atoms with Crippen molar-refractivity contribution >= 4 is 17.8 Å². The van der Waals surface area contributed by atoms with Gasteiger partial charge in [-0.3, -0.25) is 14.4 Å². The Kier molecular flexibility index (Phi) is 5.71. The predicted octanol–water partition coefficient (Wildman–Crippen LogP) is 0.704. The van der Waals surface area contributed by atoms with E-state index in [0.29, 0.717) is 5.56 Å². The minimum atomic E-state index is -1.01. The van der Waals surface area contributed by atoms with E-state index in [1.807, 2.05) is 6.92 Å². The number of likely N-dealkylation sites (N-methyl/N-ethyl adjacent to an activating group) is 1. The van der Waals surface area contributed by atoms with Crippen molar-refractivity contribution in [3.8, 4) is 0 Å². The smallest absolute Gasteiger partial charge is 0.303 e. The van der Waals surface area contributed by atoms with Crippen LogP contribution in [0.2, 0.25) is 0 Å². The van der Waals surface area contributed by atoms with Crippen molar-refractivity contribution in [3.05, 3.63) is 35.4 Å². The van der Waals surface area contributed by atoms with Crippen LogP contribution in [0.1, 0.15) is 28.8 Å². The molecule has 0 heterocycles. The van der Waals surface area contributed by atoms with E-state index >= 15 is 0 Å². The standard InChI is InChI=1S/C14H18N2O4/c1-9-3-5-10(6-4-9)13(19)16-11(14(20)15-2)7-8-12(17)18/h3-6,11H,7-8H2,1-2H3,(H,15,20)(H,16,19)(H,17,18)/t11-/m0/s1. The fourth-order valence-electron chi connectivity index (χ4n) is 1.66. The van der Waals surface area contributed by atoms with E-state index in [9.17, 15) is 14.4 Å². The summed E-state index contributed by atoms with van der Waals surface area (Å²) in [4.78, 5) is 34.2. The molecule has 1 aromatic carbocycles. The lowest BCUT2D eigenvalue weighted by atomic mass is 10.1. The van der Waals surface area contributed by atoms with Gasteiger partial charge in [-0.1, -0.05) is 17.7 Å². The minimum absolute atomic E-state index is 0.0482. The number of carbonyl (C=O) groups is 3. The first-order valence-electron chi connectivity index (χ1n) is 6.25. The number of aryl methyl sites for hydroxylation is 1. The average Bonchev–Trinajstić information content (AvgIpc) is 2.42. The van der Waals surface area contributed by atoms with E-state index in [0.717, 1.165) is 5.56 Å². The zero-order valence-corrected chi connectivity index (χ0v) is 11.5. The van der Waals surface area contributed by atoms with Crippen LogP contribution in [0.3, 0.4) is 0 Å². The molecule has 108 valence electrons. The second-order valence-corrected chi connectivity index (χ2v) is 4.44. The van der Waals surface area contributed by atoms with Crippen LogP contribution in [0.4, 0.5) is 0 Å². The summed E-state index contributed by atoms with van der Waals surface area (Å²) < 4.78 is 0. The van der Waals surface area contributed by atoms with Crippen LogP contribution in [0.15, 0.2) is 24.3 Å². The summed E-state index contributed by atoms with van der Waals surface area (Å²) >= 11 is 0. The molecule has 20 heavy (non-hydrogen) atoms. The predicted molar refractivity (Wildman–Crippen MR) is 73.4 cm³/mol. The molecule has 0 fully saturated rings. The van der Waals surface area contributed by atoms with Gasteiger partial charge in [-0.2, -0.15) is 0 Å². The van der Waals surface area contributed by atoms with Gasteiger partial charge in [0.25, 0.3) is 5.91 Å². The fourth-order valence-corrected chi connectivity index (χ4v) is 1.66. The highest BCUT2D eigenvalue weighted by atomic mass is 16.4. The Balaban J connectivity index is 2.72. The Morgan fingerprint density at radius 3 is 2.30 bits per heavy atom. The molecular weight excluding hydrogens is 260 g/mol. The van der Waals surface area contributed by atoms with Crippen LogP contribution in [0.5, 0.6) is 0 Å². The third kappa shape index (κ3) is 4.72. The fraction of sp³-hybridized carbons (Fsp3) is 0.357. The van der Waals surface area contributed by atoms with Crippen molar-refractivity contribution in [2.75, 3.05) is 7.05 Å². The van der Waals surface area contributed by atoms with Gasteiger partial charge in [0.1, 0.15) is 6.04 Å². The van der Waals surface area contributed by atoms with E-state index in [-0.39, 0.29) is 12.8 Å². The van der Waals surface area contributed by atoms with Crippen LogP contribution in [-0.4, -0.2) is 36.0 Å². The number of hydrogen-bond donors (Lipinski definition) is 3. The molecule has 6 nitrogen and oxygen atoms in total. The van der Waals surface area contributed by atoms with Crippen molar-refractivity contribution in [3.63, 3.8) is 0 Å². The Labute approximate surface area is 117 Å². The highest BCUT2D eigenvalue weighted by Gasteiger charge is 2.21. The van der Waals surface area contributed by atoms with E-state index in [2.05, 4.69) is 10.6 Å². The lowest BCUT2D eigenvalue weighted by molar-refractivity contribution is -0.137. The summed E-state index contributed by atoms with van der Waals surface area (Å²) in [6, 6.07) is 6.04. The maximum absolute atomic E-state index is 12.0. The summed E-state index contributed by atoms with van der Waals surface area (Å²) in [5, 5.41) is 13.6. The Hall–Kier alpha value is -2.37. The van der Waals surface area contributed by atoms with Crippen molar-refractivity contribution in [2.45, 2.75) is 25.8 Å². The van der Waals surface area contributed by atoms with E-state index < -0.39 is 23.8 Å². The zero-order chi connectivity index (χ0) is 15.1. The molecule has 2 amide bonds. The van der Waals surface area contributed by atoms with E-state index in [1.165, 1.54) is 7.05 Å². The summed E-state index contributed by atoms with van der Waals surface area (Å²) in [7, 11) is 1.44. The summed E-state index contributed by atoms with van der Waals surface area (Å²) in [6.07, 6.45) is -0.140. The van der Waals surface area contributed by atoms with Crippen LogP contribution in [0, 0.1) is 6.92 Å². The van der Waals surface area contributed by atoms with E-state index in [1.54, 1.807) is 24.3 Å². The average molecular weight is 278 g/mol. The number of carboxylic acid groups (broad SMARTS) is 1. The van der Waals surface area contributed by atoms with Crippen LogP contribution in [0.25, 0.3) is 0 Å². The van der Waals surface area contributed by atoms with Gasteiger partial charge in [0.2, 0.25) is 5.91 Å². The second-order valence-electron chi connectivity index (χ2n) is 4.44. The molecule has 0 aliphatic carbocycles. The highest BCUT2D eigenvalue weighted by Crippen LogP contribution is 2.05. The van der Waals surface area contributed by atoms with Crippen LogP contribution >= 0.6 is 0 Å². The molecule has 0 aliphatic rings. The third-order valence-corrected chi connectivity index (χ3v) is 2.83. The lowest BCUT2D eigenvalue weighted by Gasteiger charge is -2.16. The number of aliphatic carboxylic acids is 1. The number of amides is 2. The number of rotatable bonds is 6. The quantitative estimate of drug-likeness (QED) is 0.714. The Morgan fingerprint density at radius 2 is 1.80 bits per heavy atom. The van der Waals surface area contributed by atoms with Crippen molar-refractivity contribution in [1.29, 1.82) is 0 Å². The number of benzene rings is 1. The number of carbonyl (C=O) groups excluding carboxylic acids is 2. The van der Waals surface area contributed by atoms with Crippen molar-refractivity contribution in [1.82, 2.24) is 10.6 Å². The van der Waals surface area contributed by atoms with Gasteiger partial charge in [-0.15, -0.1) is 0 Å². The molecule has 0 saturated heterocycles. The summed E-state index contributed by atoms with van der Waals surface area (Å²) in [6.45, 7) is 1.90. The molecule has 0 aliphatic heterocycles. The molecule has 3 N–H and O–H groups in total. The van der Waals surface area contributed by atoms with Gasteiger partial charge in [0, 0.05) is 19.0 Å². The molecule has 0 aromatic heterocycles. The second kappa shape index (κ2) is 7.28. The largest absolute Gasteiger partial charge is 0.481 e. The minimum Gasteiger partial charge on any atom is -0.481 e. The number of carboxylic acids is 1. The zero-order valence-electron chi connectivity index (χ0n) is 11.5. The molecule has 6 heteroatoms. The number of nitrogens with one attached hydrogen (secondary N) is 2. The molecular formula is C14H18N2O4. The molecule has 0 unspecified atom stereocenters. The van der Waals surface area contributed by atoms with Crippen LogP contribution in [-0.2, 0) is 9.59 Å². The van der Waals surface area contributed by atoms with E-state index in [4.69, 9.17) is 5.11 Å². The van der Waals surface area contributed by atoms with Gasteiger partial charge in [-0.05, 0) is 25.5 Å². The first-order chi connectivity index (χ1) is 9.43. The molecule has 0 radical (unpaired) electrons. The van der Waals surface area contributed by atoms with Gasteiger partial charge in [0.15, 0.2) is 0 Å². The SMILES string of the molecule is CNC(=O)[C@H](CCC(=O)O)NC(=O)c1ccc(C)cc1. The van der Waals surface area contributed by atoms with Crippen molar-refractivity contribution < 1.29 is 19.5 Å². The van der Waals surface area contributed by atoms with Gasteiger partial charge < -0.3 is 15.7 Å². The first kappa shape index (κ1) is 15.7. The maximum Gasteiger partial charge on any atom is 0.303 e. The molecule has 1 atom stereocenters. The lowest BCUT2D eigenvalue weighted by Crippen LogP contribution is -2.45. The highest BCUT2D eigenvalue weighted by molar-refractivity contribution is 5.97. The number of hydrogen-bond acceptors (Lipinski definition) is 3. The Morgan fingerprint density at radius 1 is 1.20 bits per heavy atom.